The van der Waals surface area contributed by atoms with Gasteiger partial charge in [0.2, 0.25) is 0 Å². The highest BCUT2D eigenvalue weighted by Gasteiger charge is 2.11. The zero-order chi connectivity index (χ0) is 17.9. The van der Waals surface area contributed by atoms with E-state index in [4.69, 9.17) is 9.47 Å². The zero-order valence-corrected chi connectivity index (χ0v) is 15.3. The minimum absolute atomic E-state index is 0.335. The van der Waals surface area contributed by atoms with Crippen LogP contribution in [-0.2, 0) is 6.42 Å². The summed E-state index contributed by atoms with van der Waals surface area (Å²) in [5.74, 6) is 1.05. The first kappa shape index (κ1) is 19.0. The van der Waals surface area contributed by atoms with Crippen molar-refractivity contribution >= 4 is 5.97 Å². The Bertz CT molecular complexity index is 647. The largest absolute Gasteiger partial charge is 0.497 e. The quantitative estimate of drug-likeness (QED) is 0.311. The van der Waals surface area contributed by atoms with Crippen LogP contribution in [0.2, 0.25) is 0 Å². The number of carbonyl (C=O) groups is 1. The van der Waals surface area contributed by atoms with Gasteiger partial charge in [0.15, 0.2) is 0 Å². The van der Waals surface area contributed by atoms with Crippen molar-refractivity contribution in [1.82, 2.24) is 0 Å². The molecule has 0 radical (unpaired) electrons. The van der Waals surface area contributed by atoms with Gasteiger partial charge in [-0.05, 0) is 48.7 Å². The molecule has 0 aliphatic carbocycles. The maximum absolute atomic E-state index is 12.4. The molecule has 0 aliphatic rings. The molecule has 0 spiro atoms. The average Bonchev–Trinajstić information content (AvgIpc) is 2.66. The lowest BCUT2D eigenvalue weighted by molar-refractivity contribution is 0.0733. The van der Waals surface area contributed by atoms with Crippen LogP contribution in [0, 0.1) is 0 Å². The van der Waals surface area contributed by atoms with E-state index in [-0.39, 0.29) is 5.97 Å². The van der Waals surface area contributed by atoms with Crippen LogP contribution < -0.4 is 9.47 Å². The highest BCUT2D eigenvalue weighted by Crippen LogP contribution is 2.22. The average molecular weight is 340 g/mol. The van der Waals surface area contributed by atoms with Crippen molar-refractivity contribution in [2.24, 2.45) is 0 Å². The Hall–Kier alpha value is -2.29. The van der Waals surface area contributed by atoms with Gasteiger partial charge in [-0.2, -0.15) is 0 Å². The second kappa shape index (κ2) is 10.5. The van der Waals surface area contributed by atoms with Crippen molar-refractivity contribution < 1.29 is 14.3 Å². The Balaban J connectivity index is 1.91. The van der Waals surface area contributed by atoms with Crippen LogP contribution in [0.25, 0.3) is 0 Å². The summed E-state index contributed by atoms with van der Waals surface area (Å²) in [4.78, 5) is 12.4. The number of benzene rings is 2. The Kier molecular flexibility index (Phi) is 8.03. The summed E-state index contributed by atoms with van der Waals surface area (Å²) in [5, 5.41) is 0. The zero-order valence-electron chi connectivity index (χ0n) is 15.3. The van der Waals surface area contributed by atoms with Gasteiger partial charge in [0, 0.05) is 0 Å². The van der Waals surface area contributed by atoms with Crippen molar-refractivity contribution in [3.8, 4) is 11.5 Å². The molecule has 0 atom stereocenters. The van der Waals surface area contributed by atoms with Crippen molar-refractivity contribution in [3.05, 3.63) is 59.7 Å². The summed E-state index contributed by atoms with van der Waals surface area (Å²) in [6.07, 6.45) is 8.46. The van der Waals surface area contributed by atoms with Crippen LogP contribution in [0.5, 0.6) is 11.5 Å². The molecule has 2 aromatic rings. The number of hydrogen-bond acceptors (Lipinski definition) is 3. The highest BCUT2D eigenvalue weighted by atomic mass is 16.5. The molecule has 0 saturated heterocycles. The normalized spacial score (nSPS) is 10.5. The van der Waals surface area contributed by atoms with E-state index in [1.807, 2.05) is 24.3 Å². The summed E-state index contributed by atoms with van der Waals surface area (Å²) in [6, 6.07) is 14.8. The fourth-order valence-electron chi connectivity index (χ4n) is 2.79. The van der Waals surface area contributed by atoms with E-state index in [9.17, 15) is 4.79 Å². The van der Waals surface area contributed by atoms with Gasteiger partial charge in [-0.15, -0.1) is 0 Å². The standard InChI is InChI=1S/C22H28O3/c1-3-4-5-6-7-8-11-18-12-9-10-13-21(18)25-22(23)19-14-16-20(24-2)17-15-19/h9-10,12-17H,3-8,11H2,1-2H3. The van der Waals surface area contributed by atoms with Gasteiger partial charge < -0.3 is 9.47 Å². The predicted molar refractivity (Wildman–Crippen MR) is 101 cm³/mol. The number of hydrogen-bond donors (Lipinski definition) is 0. The lowest BCUT2D eigenvalue weighted by Gasteiger charge is -2.10. The van der Waals surface area contributed by atoms with E-state index < -0.39 is 0 Å². The van der Waals surface area contributed by atoms with Crippen molar-refractivity contribution in [3.63, 3.8) is 0 Å². The van der Waals surface area contributed by atoms with Crippen LogP contribution >= 0.6 is 0 Å². The van der Waals surface area contributed by atoms with Crippen LogP contribution in [0.3, 0.4) is 0 Å². The molecule has 134 valence electrons. The van der Waals surface area contributed by atoms with Gasteiger partial charge in [0.25, 0.3) is 0 Å². The fraction of sp³-hybridized carbons (Fsp3) is 0.409. The van der Waals surface area contributed by atoms with E-state index in [0.717, 1.165) is 24.2 Å². The first-order valence-electron chi connectivity index (χ1n) is 9.18. The molecule has 0 heterocycles. The summed E-state index contributed by atoms with van der Waals surface area (Å²) in [6.45, 7) is 2.23. The molecule has 0 amide bonds. The highest BCUT2D eigenvalue weighted by molar-refractivity contribution is 5.91. The predicted octanol–water partition coefficient (Wildman–Crippen LogP) is 5.82. The first-order chi connectivity index (χ1) is 12.2. The van der Waals surface area contributed by atoms with E-state index in [0.29, 0.717) is 11.3 Å². The summed E-state index contributed by atoms with van der Waals surface area (Å²) >= 11 is 0. The smallest absolute Gasteiger partial charge is 0.343 e. The SMILES string of the molecule is CCCCCCCCc1ccccc1OC(=O)c1ccc(OC)cc1. The van der Waals surface area contributed by atoms with Gasteiger partial charge in [-0.1, -0.05) is 57.2 Å². The van der Waals surface area contributed by atoms with Gasteiger partial charge in [0.1, 0.15) is 11.5 Å². The Morgan fingerprint density at radius 1 is 0.880 bits per heavy atom. The van der Waals surface area contributed by atoms with Gasteiger partial charge in [0.05, 0.1) is 12.7 Å². The van der Waals surface area contributed by atoms with Crippen molar-refractivity contribution in [1.29, 1.82) is 0 Å². The van der Waals surface area contributed by atoms with E-state index in [1.54, 1.807) is 31.4 Å². The minimum atomic E-state index is -0.335. The molecule has 0 saturated carbocycles. The second-order valence-corrected chi connectivity index (χ2v) is 6.24. The summed E-state index contributed by atoms with van der Waals surface area (Å²) in [7, 11) is 1.60. The maximum atomic E-state index is 12.4. The molecule has 0 aliphatic heterocycles. The first-order valence-corrected chi connectivity index (χ1v) is 9.18. The molecular weight excluding hydrogens is 312 g/mol. The minimum Gasteiger partial charge on any atom is -0.497 e. The Morgan fingerprint density at radius 2 is 1.56 bits per heavy atom. The molecule has 0 N–H and O–H groups in total. The van der Waals surface area contributed by atoms with Crippen molar-refractivity contribution in [2.75, 3.05) is 7.11 Å². The summed E-state index contributed by atoms with van der Waals surface area (Å²) < 4.78 is 10.7. The molecular formula is C22H28O3. The fourth-order valence-corrected chi connectivity index (χ4v) is 2.79. The topological polar surface area (TPSA) is 35.5 Å². The van der Waals surface area contributed by atoms with E-state index in [2.05, 4.69) is 6.92 Å². The molecule has 0 unspecified atom stereocenters. The molecule has 3 nitrogen and oxygen atoms in total. The van der Waals surface area contributed by atoms with Crippen LogP contribution in [0.15, 0.2) is 48.5 Å². The van der Waals surface area contributed by atoms with Crippen LogP contribution in [-0.4, -0.2) is 13.1 Å². The third-order valence-electron chi connectivity index (χ3n) is 4.30. The number of rotatable bonds is 10. The Labute approximate surface area is 151 Å². The lowest BCUT2D eigenvalue weighted by Crippen LogP contribution is -2.09. The lowest BCUT2D eigenvalue weighted by atomic mass is 10.0. The third kappa shape index (κ3) is 6.26. The number of unbranched alkanes of at least 4 members (excludes halogenated alkanes) is 5. The van der Waals surface area contributed by atoms with Crippen LogP contribution in [0.4, 0.5) is 0 Å². The summed E-state index contributed by atoms with van der Waals surface area (Å²) in [5.41, 5.74) is 1.62. The number of ether oxygens (including phenoxy) is 2. The van der Waals surface area contributed by atoms with Gasteiger partial charge >= 0.3 is 5.97 Å². The van der Waals surface area contributed by atoms with Crippen molar-refractivity contribution in [2.45, 2.75) is 51.9 Å². The molecule has 0 fully saturated rings. The van der Waals surface area contributed by atoms with E-state index in [1.165, 1.54) is 32.1 Å². The van der Waals surface area contributed by atoms with Crippen LogP contribution in [0.1, 0.15) is 61.4 Å². The molecule has 25 heavy (non-hydrogen) atoms. The number of para-hydroxylation sites is 1. The number of carbonyl (C=O) groups excluding carboxylic acids is 1. The number of aryl methyl sites for hydroxylation is 1. The van der Waals surface area contributed by atoms with E-state index >= 15 is 0 Å². The molecule has 0 aromatic heterocycles. The molecule has 2 rings (SSSR count). The molecule has 3 heteroatoms. The van der Waals surface area contributed by atoms with Gasteiger partial charge in [-0.25, -0.2) is 4.79 Å². The van der Waals surface area contributed by atoms with Gasteiger partial charge in [-0.3, -0.25) is 0 Å². The second-order valence-electron chi connectivity index (χ2n) is 6.24. The molecule has 2 aromatic carbocycles. The third-order valence-corrected chi connectivity index (χ3v) is 4.30. The number of esters is 1. The number of methoxy groups -OCH3 is 1. The monoisotopic (exact) mass is 340 g/mol. The Morgan fingerprint density at radius 3 is 2.28 bits per heavy atom. The molecule has 0 bridgehead atoms. The maximum Gasteiger partial charge on any atom is 0.343 e.